The number of hydrogen-bond acceptors (Lipinski definition) is 6. The summed E-state index contributed by atoms with van der Waals surface area (Å²) in [5.41, 5.74) is 2.62. The second kappa shape index (κ2) is 5.99. The van der Waals surface area contributed by atoms with Gasteiger partial charge in [0.15, 0.2) is 0 Å². The van der Waals surface area contributed by atoms with Gasteiger partial charge in [-0.25, -0.2) is 18.1 Å². The highest BCUT2D eigenvalue weighted by Gasteiger charge is 2.24. The number of H-pyrrole nitrogens is 1. The van der Waals surface area contributed by atoms with Crippen LogP contribution in [0.3, 0.4) is 0 Å². The number of pyridine rings is 1. The van der Waals surface area contributed by atoms with Crippen molar-refractivity contribution in [3.05, 3.63) is 36.7 Å². The Hall–Kier alpha value is -1.97. The zero-order valence-corrected chi connectivity index (χ0v) is 11.7. The Morgan fingerprint density at radius 3 is 2.85 bits per heavy atom. The number of nitrogens with zero attached hydrogens (tertiary/aromatic N) is 2. The van der Waals surface area contributed by atoms with Gasteiger partial charge >= 0.3 is 0 Å². The van der Waals surface area contributed by atoms with Gasteiger partial charge in [-0.15, -0.1) is 0 Å². The Kier molecular flexibility index (Phi) is 4.32. The summed E-state index contributed by atoms with van der Waals surface area (Å²) in [7, 11) is -3.76. The number of anilines is 1. The first kappa shape index (κ1) is 14.4. The lowest BCUT2D eigenvalue weighted by Gasteiger charge is -2.16. The first-order valence-electron chi connectivity index (χ1n) is 6.00. The average molecular weight is 296 g/mol. The third-order valence-corrected chi connectivity index (χ3v) is 4.28. The molecule has 2 rings (SSSR count). The lowest BCUT2D eigenvalue weighted by molar-refractivity contribution is 0.539. The zero-order valence-electron chi connectivity index (χ0n) is 10.9. The van der Waals surface area contributed by atoms with Crippen LogP contribution < -0.4 is 16.0 Å². The Bertz CT molecular complexity index is 655. The normalized spacial score (nSPS) is 13.1. The molecule has 0 fully saturated rings. The predicted molar refractivity (Wildman–Crippen MR) is 74.0 cm³/mol. The van der Waals surface area contributed by atoms with Crippen LogP contribution in [0.15, 0.2) is 35.7 Å². The molecule has 2 aromatic heterocycles. The minimum absolute atomic E-state index is 0.00694. The van der Waals surface area contributed by atoms with Crippen LogP contribution in [0, 0.1) is 0 Å². The molecule has 0 saturated carbocycles. The highest BCUT2D eigenvalue weighted by molar-refractivity contribution is 7.89. The van der Waals surface area contributed by atoms with E-state index >= 15 is 0 Å². The smallest absolute Gasteiger partial charge is 0.244 e. The van der Waals surface area contributed by atoms with Gasteiger partial charge < -0.3 is 10.4 Å². The average Bonchev–Trinajstić information content (AvgIpc) is 2.98. The number of hydrazine groups is 1. The fourth-order valence-electron chi connectivity index (χ4n) is 1.76. The van der Waals surface area contributed by atoms with Crippen molar-refractivity contribution in [2.45, 2.75) is 24.3 Å². The number of aromatic nitrogens is 3. The molecular formula is C11H16N6O2S. The number of nitrogens with one attached hydrogen (secondary N) is 3. The van der Waals surface area contributed by atoms with E-state index in [0.29, 0.717) is 12.2 Å². The van der Waals surface area contributed by atoms with Gasteiger partial charge in [-0.2, -0.15) is 0 Å². The number of nitrogens with two attached hydrogens (primary N) is 1. The molecule has 0 aromatic carbocycles. The number of nitrogen functional groups attached to an aromatic ring is 1. The summed E-state index contributed by atoms with van der Waals surface area (Å²) in [5.74, 6) is 5.87. The van der Waals surface area contributed by atoms with E-state index in [1.165, 1.54) is 18.5 Å². The van der Waals surface area contributed by atoms with Crippen LogP contribution in [-0.2, 0) is 10.0 Å². The second-order valence-electron chi connectivity index (χ2n) is 4.07. The molecule has 0 aliphatic carbocycles. The van der Waals surface area contributed by atoms with E-state index in [-0.39, 0.29) is 10.6 Å². The number of hydrogen-bond donors (Lipinski definition) is 4. The van der Waals surface area contributed by atoms with Crippen LogP contribution in [0.4, 0.5) is 5.69 Å². The van der Waals surface area contributed by atoms with Crippen LogP contribution in [-0.4, -0.2) is 23.4 Å². The van der Waals surface area contributed by atoms with E-state index in [9.17, 15) is 8.42 Å². The maximum atomic E-state index is 12.4. The summed E-state index contributed by atoms with van der Waals surface area (Å²) in [4.78, 5) is 10.8. The Morgan fingerprint density at radius 2 is 2.25 bits per heavy atom. The molecule has 9 heteroatoms. The van der Waals surface area contributed by atoms with Gasteiger partial charge in [0.05, 0.1) is 11.7 Å². The van der Waals surface area contributed by atoms with E-state index in [0.717, 1.165) is 0 Å². The molecule has 20 heavy (non-hydrogen) atoms. The number of imidazole rings is 1. The number of aromatic amines is 1. The third-order valence-electron chi connectivity index (χ3n) is 2.78. The molecule has 0 amide bonds. The van der Waals surface area contributed by atoms with Crippen molar-refractivity contribution in [2.24, 2.45) is 5.84 Å². The zero-order chi connectivity index (χ0) is 14.6. The van der Waals surface area contributed by atoms with Gasteiger partial charge in [-0.1, -0.05) is 6.92 Å². The van der Waals surface area contributed by atoms with Crippen molar-refractivity contribution in [2.75, 3.05) is 5.43 Å². The molecule has 108 valence electrons. The first-order chi connectivity index (χ1) is 9.58. The summed E-state index contributed by atoms with van der Waals surface area (Å²) in [6, 6.07) is 1.04. The second-order valence-corrected chi connectivity index (χ2v) is 5.76. The Labute approximate surface area is 116 Å². The summed E-state index contributed by atoms with van der Waals surface area (Å²) in [6.07, 6.45) is 6.47. The van der Waals surface area contributed by atoms with Gasteiger partial charge in [0.25, 0.3) is 0 Å². The SMILES string of the molecule is CCC(NS(=O)(=O)c1cnccc1NN)c1ncc[nH]1. The van der Waals surface area contributed by atoms with Crippen molar-refractivity contribution >= 4 is 15.7 Å². The lowest BCUT2D eigenvalue weighted by atomic mass is 10.2. The Balaban J connectivity index is 2.31. The van der Waals surface area contributed by atoms with Crippen molar-refractivity contribution in [1.82, 2.24) is 19.7 Å². The molecule has 0 radical (unpaired) electrons. The largest absolute Gasteiger partial charge is 0.347 e. The molecule has 0 bridgehead atoms. The fourth-order valence-corrected chi connectivity index (χ4v) is 3.16. The van der Waals surface area contributed by atoms with Crippen molar-refractivity contribution in [1.29, 1.82) is 0 Å². The third kappa shape index (κ3) is 2.95. The van der Waals surface area contributed by atoms with Crippen molar-refractivity contribution in [3.8, 4) is 0 Å². The minimum Gasteiger partial charge on any atom is -0.347 e. The molecule has 0 aliphatic rings. The summed E-state index contributed by atoms with van der Waals surface area (Å²) in [5, 5.41) is 0. The summed E-state index contributed by atoms with van der Waals surface area (Å²) >= 11 is 0. The van der Waals surface area contributed by atoms with Crippen molar-refractivity contribution < 1.29 is 8.42 Å². The molecule has 0 saturated heterocycles. The van der Waals surface area contributed by atoms with Crippen LogP contribution in [0.1, 0.15) is 25.2 Å². The standard InChI is InChI=1S/C11H16N6O2S/c1-2-8(11-14-5-6-15-11)17-20(18,19)10-7-13-4-3-9(10)16-12/h3-8,17H,2,12H2,1H3,(H,13,16)(H,14,15). The minimum atomic E-state index is -3.76. The van der Waals surface area contributed by atoms with Gasteiger partial charge in [-0.3, -0.25) is 10.8 Å². The maximum absolute atomic E-state index is 12.4. The van der Waals surface area contributed by atoms with Crippen molar-refractivity contribution in [3.63, 3.8) is 0 Å². The van der Waals surface area contributed by atoms with Gasteiger partial charge in [-0.05, 0) is 12.5 Å². The van der Waals surface area contributed by atoms with Crippen LogP contribution in [0.5, 0.6) is 0 Å². The van der Waals surface area contributed by atoms with Crippen LogP contribution in [0.25, 0.3) is 0 Å². The molecule has 1 unspecified atom stereocenters. The monoisotopic (exact) mass is 296 g/mol. The highest BCUT2D eigenvalue weighted by Crippen LogP contribution is 2.21. The van der Waals surface area contributed by atoms with Gasteiger partial charge in [0, 0.05) is 24.8 Å². The quantitative estimate of drug-likeness (QED) is 0.455. The van der Waals surface area contributed by atoms with Gasteiger partial charge in [0.1, 0.15) is 10.7 Å². The molecule has 5 N–H and O–H groups in total. The van der Waals surface area contributed by atoms with E-state index in [4.69, 9.17) is 5.84 Å². The molecule has 8 nitrogen and oxygen atoms in total. The maximum Gasteiger partial charge on any atom is 0.244 e. The number of rotatable bonds is 6. The summed E-state index contributed by atoms with van der Waals surface area (Å²) < 4.78 is 27.4. The first-order valence-corrected chi connectivity index (χ1v) is 7.49. The number of sulfonamides is 1. The van der Waals surface area contributed by atoms with E-state index < -0.39 is 16.1 Å². The Morgan fingerprint density at radius 1 is 1.45 bits per heavy atom. The molecular weight excluding hydrogens is 280 g/mol. The van der Waals surface area contributed by atoms with E-state index in [2.05, 4.69) is 25.1 Å². The van der Waals surface area contributed by atoms with Crippen LogP contribution in [0.2, 0.25) is 0 Å². The molecule has 1 atom stereocenters. The van der Waals surface area contributed by atoms with E-state index in [1.54, 1.807) is 12.4 Å². The molecule has 2 aromatic rings. The highest BCUT2D eigenvalue weighted by atomic mass is 32.2. The summed E-state index contributed by atoms with van der Waals surface area (Å²) in [6.45, 7) is 1.86. The molecule has 0 aliphatic heterocycles. The van der Waals surface area contributed by atoms with Crippen LogP contribution >= 0.6 is 0 Å². The lowest BCUT2D eigenvalue weighted by Crippen LogP contribution is -2.30. The van der Waals surface area contributed by atoms with E-state index in [1.807, 2.05) is 6.92 Å². The predicted octanol–water partition coefficient (Wildman–Crippen LogP) is 0.520. The topological polar surface area (TPSA) is 126 Å². The molecule has 0 spiro atoms. The van der Waals surface area contributed by atoms with Gasteiger partial charge in [0.2, 0.25) is 10.0 Å². The fraction of sp³-hybridized carbons (Fsp3) is 0.273. The molecule has 2 heterocycles.